The Bertz CT molecular complexity index is 1200. The minimum atomic E-state index is -3.29. The Kier molecular flexibility index (Phi) is 7.47. The number of halogens is 7. The number of ether oxygens (including phenoxy) is 2. The highest BCUT2D eigenvalue weighted by Crippen LogP contribution is 2.40. The molecule has 0 amide bonds. The molecule has 0 saturated heterocycles. The monoisotopic (exact) mass is 512 g/mol. The lowest BCUT2D eigenvalue weighted by atomic mass is 9.82. The molecule has 0 radical (unpaired) electrons. The molecule has 1 aliphatic rings. The van der Waals surface area contributed by atoms with Gasteiger partial charge in [0.15, 0.2) is 29.0 Å². The van der Waals surface area contributed by atoms with Crippen LogP contribution in [-0.2, 0) is 6.61 Å². The lowest BCUT2D eigenvalue weighted by Crippen LogP contribution is -2.36. The smallest absolute Gasteiger partial charge is 0.400 e. The van der Waals surface area contributed by atoms with Crippen molar-refractivity contribution in [2.75, 3.05) is 0 Å². The van der Waals surface area contributed by atoms with Crippen LogP contribution in [0.4, 0.5) is 30.7 Å². The van der Waals surface area contributed by atoms with Gasteiger partial charge in [0, 0.05) is 5.56 Å². The fourth-order valence-electron chi connectivity index (χ4n) is 4.23. The molecule has 4 rings (SSSR count). The molecule has 192 valence electrons. The number of alkyl halides is 2. The van der Waals surface area contributed by atoms with Crippen LogP contribution in [-0.4, -0.2) is 6.11 Å². The van der Waals surface area contributed by atoms with Gasteiger partial charge >= 0.3 is 6.11 Å². The highest BCUT2D eigenvalue weighted by Gasteiger charge is 2.43. The van der Waals surface area contributed by atoms with E-state index in [1.807, 2.05) is 6.92 Å². The lowest BCUT2D eigenvalue weighted by molar-refractivity contribution is -0.223. The first-order chi connectivity index (χ1) is 17.0. The summed E-state index contributed by atoms with van der Waals surface area (Å²) in [7, 11) is 0. The van der Waals surface area contributed by atoms with Crippen molar-refractivity contribution in [2.24, 2.45) is 11.8 Å². The molecule has 0 aliphatic heterocycles. The van der Waals surface area contributed by atoms with Gasteiger partial charge in [-0.15, -0.1) is 0 Å². The van der Waals surface area contributed by atoms with Gasteiger partial charge in [0.25, 0.3) is 0 Å². The molecule has 3 aromatic rings. The highest BCUT2D eigenvalue weighted by atomic mass is 19.3. The van der Waals surface area contributed by atoms with Crippen LogP contribution in [0.3, 0.4) is 0 Å². The maximum absolute atomic E-state index is 14.5. The van der Waals surface area contributed by atoms with Crippen molar-refractivity contribution >= 4 is 0 Å². The number of rotatable bonds is 7. The number of benzene rings is 3. The molecule has 0 N–H and O–H groups in total. The van der Waals surface area contributed by atoms with E-state index in [9.17, 15) is 30.7 Å². The fourth-order valence-corrected chi connectivity index (χ4v) is 4.23. The molecule has 2 nitrogen and oxygen atoms in total. The second kappa shape index (κ2) is 10.4. The summed E-state index contributed by atoms with van der Waals surface area (Å²) in [5.41, 5.74) is -0.388. The molecule has 0 heterocycles. The van der Waals surface area contributed by atoms with Crippen molar-refractivity contribution in [1.29, 1.82) is 0 Å². The molecule has 1 fully saturated rings. The molecule has 36 heavy (non-hydrogen) atoms. The third-order valence-electron chi connectivity index (χ3n) is 6.40. The largest absolute Gasteiger partial charge is 0.486 e. The molecular weight excluding hydrogens is 489 g/mol. The van der Waals surface area contributed by atoms with Gasteiger partial charge in [-0.3, -0.25) is 0 Å². The van der Waals surface area contributed by atoms with Gasteiger partial charge in [0.05, 0.1) is 5.92 Å². The Morgan fingerprint density at radius 1 is 0.778 bits per heavy atom. The third-order valence-corrected chi connectivity index (χ3v) is 6.40. The predicted octanol–water partition coefficient (Wildman–Crippen LogP) is 8.43. The molecule has 1 aliphatic carbocycles. The van der Waals surface area contributed by atoms with Crippen LogP contribution in [0.2, 0.25) is 0 Å². The summed E-state index contributed by atoms with van der Waals surface area (Å²) in [4.78, 5) is 0. The molecule has 3 aromatic carbocycles. The van der Waals surface area contributed by atoms with Crippen molar-refractivity contribution in [3.63, 3.8) is 0 Å². The van der Waals surface area contributed by atoms with E-state index in [0.717, 1.165) is 25.0 Å². The van der Waals surface area contributed by atoms with Crippen molar-refractivity contribution < 1.29 is 40.2 Å². The normalized spacial score (nSPS) is 18.2. The van der Waals surface area contributed by atoms with Crippen molar-refractivity contribution in [1.82, 2.24) is 0 Å². The van der Waals surface area contributed by atoms with E-state index in [1.54, 1.807) is 0 Å². The van der Waals surface area contributed by atoms with Crippen LogP contribution in [0.25, 0.3) is 11.1 Å². The SMILES string of the molecule is CC1CCC(C(F)(F)Oc2ccc(COc3ccc(-c4cc(F)c(F)c(F)c4)c(F)c3F)cc2)CC1. The van der Waals surface area contributed by atoms with Gasteiger partial charge in [0.2, 0.25) is 5.82 Å². The zero-order chi connectivity index (χ0) is 26.0. The summed E-state index contributed by atoms with van der Waals surface area (Å²) in [6.07, 6.45) is -1.04. The Morgan fingerprint density at radius 3 is 2.00 bits per heavy atom. The molecule has 0 atom stereocenters. The molecular formula is C27H23F7O2. The minimum Gasteiger partial charge on any atom is -0.486 e. The average Bonchev–Trinajstić information content (AvgIpc) is 2.84. The Hall–Kier alpha value is -3.23. The van der Waals surface area contributed by atoms with Crippen molar-refractivity contribution in [3.8, 4) is 22.6 Å². The summed E-state index contributed by atoms with van der Waals surface area (Å²) >= 11 is 0. The van der Waals surface area contributed by atoms with Crippen molar-refractivity contribution in [3.05, 3.63) is 83.2 Å². The predicted molar refractivity (Wildman–Crippen MR) is 119 cm³/mol. The minimum absolute atomic E-state index is 0.0253. The van der Waals surface area contributed by atoms with E-state index in [1.165, 1.54) is 24.3 Å². The molecule has 0 spiro atoms. The van der Waals surface area contributed by atoms with E-state index in [0.29, 0.717) is 36.5 Å². The Morgan fingerprint density at radius 2 is 1.39 bits per heavy atom. The fraction of sp³-hybridized carbons (Fsp3) is 0.333. The van der Waals surface area contributed by atoms with E-state index >= 15 is 0 Å². The van der Waals surface area contributed by atoms with Gasteiger partial charge < -0.3 is 9.47 Å². The van der Waals surface area contributed by atoms with Gasteiger partial charge in [0.1, 0.15) is 12.4 Å². The Labute approximate surface area is 203 Å². The van der Waals surface area contributed by atoms with Gasteiger partial charge in [-0.2, -0.15) is 13.2 Å². The molecule has 9 heteroatoms. The topological polar surface area (TPSA) is 18.5 Å². The van der Waals surface area contributed by atoms with Crippen LogP contribution in [0.1, 0.15) is 38.2 Å². The van der Waals surface area contributed by atoms with Gasteiger partial charge in [-0.05, 0) is 66.3 Å². The van der Waals surface area contributed by atoms with E-state index in [4.69, 9.17) is 9.47 Å². The van der Waals surface area contributed by atoms with Crippen LogP contribution >= 0.6 is 0 Å². The molecule has 0 aromatic heterocycles. The van der Waals surface area contributed by atoms with Crippen LogP contribution in [0.5, 0.6) is 11.5 Å². The second-order valence-electron chi connectivity index (χ2n) is 9.05. The zero-order valence-electron chi connectivity index (χ0n) is 19.3. The first kappa shape index (κ1) is 25.9. The van der Waals surface area contributed by atoms with Gasteiger partial charge in [-0.1, -0.05) is 31.9 Å². The Balaban J connectivity index is 1.40. The third kappa shape index (κ3) is 5.60. The molecule has 0 bridgehead atoms. The quantitative estimate of drug-likeness (QED) is 0.234. The van der Waals surface area contributed by atoms with Crippen LogP contribution < -0.4 is 9.47 Å². The average molecular weight is 512 g/mol. The maximum Gasteiger partial charge on any atom is 0.400 e. The maximum atomic E-state index is 14.5. The summed E-state index contributed by atoms with van der Waals surface area (Å²) in [5, 5.41) is 0. The van der Waals surface area contributed by atoms with Crippen molar-refractivity contribution in [2.45, 2.75) is 45.3 Å². The van der Waals surface area contributed by atoms with E-state index < -0.39 is 52.4 Å². The second-order valence-corrected chi connectivity index (χ2v) is 9.05. The summed E-state index contributed by atoms with van der Waals surface area (Å²) in [5.74, 6) is -8.55. The van der Waals surface area contributed by atoms with Crippen LogP contribution in [0.15, 0.2) is 48.5 Å². The van der Waals surface area contributed by atoms with E-state index in [-0.39, 0.29) is 17.9 Å². The van der Waals surface area contributed by atoms with Crippen LogP contribution in [0, 0.1) is 40.9 Å². The lowest BCUT2D eigenvalue weighted by Gasteiger charge is -2.32. The first-order valence-electron chi connectivity index (χ1n) is 11.5. The highest BCUT2D eigenvalue weighted by molar-refractivity contribution is 5.65. The number of hydrogen-bond acceptors (Lipinski definition) is 2. The first-order valence-corrected chi connectivity index (χ1v) is 11.5. The summed E-state index contributed by atoms with van der Waals surface area (Å²) in [6, 6.07) is 8.83. The summed E-state index contributed by atoms with van der Waals surface area (Å²) < 4.78 is 108. The molecule has 0 unspecified atom stereocenters. The van der Waals surface area contributed by atoms with Gasteiger partial charge in [-0.25, -0.2) is 17.6 Å². The number of hydrogen-bond donors (Lipinski definition) is 0. The molecule has 1 saturated carbocycles. The zero-order valence-corrected chi connectivity index (χ0v) is 19.3. The van der Waals surface area contributed by atoms with E-state index in [2.05, 4.69) is 0 Å². The standard InChI is InChI=1S/C27H23F7O2/c1-15-2-6-18(7-3-15)27(33,34)36-19-8-4-16(5-9-19)14-35-23-11-10-20(24(30)26(23)32)17-12-21(28)25(31)22(29)13-17/h4-5,8-13,15,18H,2-3,6-7,14H2,1H3. The summed E-state index contributed by atoms with van der Waals surface area (Å²) in [6.45, 7) is 1.82.